The second-order valence-electron chi connectivity index (χ2n) is 5.79. The zero-order chi connectivity index (χ0) is 19.8. The zero-order valence-electron chi connectivity index (χ0n) is 15.1. The van der Waals surface area contributed by atoms with Gasteiger partial charge in [-0.3, -0.25) is 19.7 Å². The average molecular weight is 372 g/mol. The number of nitro benzene ring substituents is 1. The van der Waals surface area contributed by atoms with Crippen LogP contribution >= 0.6 is 0 Å². The number of hydrogen-bond donors (Lipinski definition) is 1. The lowest BCUT2D eigenvalue weighted by Crippen LogP contribution is -2.26. The van der Waals surface area contributed by atoms with Crippen molar-refractivity contribution in [3.8, 4) is 5.75 Å². The Hall–Kier alpha value is -3.42. The van der Waals surface area contributed by atoms with Gasteiger partial charge in [-0.05, 0) is 31.2 Å². The summed E-state index contributed by atoms with van der Waals surface area (Å²) >= 11 is 0. The maximum Gasteiger partial charge on any atom is 0.307 e. The van der Waals surface area contributed by atoms with E-state index in [4.69, 9.17) is 9.47 Å². The minimum Gasteiger partial charge on any atom is -0.496 e. The molecule has 142 valence electrons. The monoisotopic (exact) mass is 372 g/mol. The normalized spacial score (nSPS) is 10.1. The van der Waals surface area contributed by atoms with E-state index in [1.807, 2.05) is 25.1 Å². The topological polar surface area (TPSA) is 108 Å². The van der Waals surface area contributed by atoms with Crippen molar-refractivity contribution in [3.05, 3.63) is 69.3 Å². The van der Waals surface area contributed by atoms with Crippen LogP contribution < -0.4 is 10.1 Å². The number of carbonyl (C=O) groups is 2. The highest BCUT2D eigenvalue weighted by Gasteiger charge is 2.11. The Morgan fingerprint density at radius 1 is 1.15 bits per heavy atom. The molecule has 0 aliphatic rings. The summed E-state index contributed by atoms with van der Waals surface area (Å²) < 4.78 is 10.4. The third kappa shape index (κ3) is 5.81. The number of non-ortho nitro benzene ring substituents is 1. The SMILES string of the molecule is COc1ccc(C)cc1COC(=O)CCNC(=O)c1ccc([N+](=O)[O-])cc1. The van der Waals surface area contributed by atoms with E-state index in [1.54, 1.807) is 7.11 Å². The predicted octanol–water partition coefficient (Wildman–Crippen LogP) is 2.78. The summed E-state index contributed by atoms with van der Waals surface area (Å²) in [6.07, 6.45) is 0.00680. The molecular formula is C19H20N2O6. The van der Waals surface area contributed by atoms with Gasteiger partial charge in [0.05, 0.1) is 18.5 Å². The van der Waals surface area contributed by atoms with Gasteiger partial charge < -0.3 is 14.8 Å². The summed E-state index contributed by atoms with van der Waals surface area (Å²) in [4.78, 5) is 33.9. The molecule has 2 aromatic carbocycles. The van der Waals surface area contributed by atoms with Crippen molar-refractivity contribution in [1.82, 2.24) is 5.32 Å². The lowest BCUT2D eigenvalue weighted by atomic mass is 10.1. The van der Waals surface area contributed by atoms with E-state index in [0.717, 1.165) is 11.1 Å². The number of ether oxygens (including phenoxy) is 2. The Balaban J connectivity index is 1.78. The standard InChI is InChI=1S/C19H20N2O6/c1-13-3-8-17(26-2)15(11-13)12-27-18(22)9-10-20-19(23)14-4-6-16(7-5-14)21(24)25/h3-8,11H,9-10,12H2,1-2H3,(H,20,23). The number of rotatable bonds is 8. The van der Waals surface area contributed by atoms with Crippen LogP contribution in [-0.2, 0) is 16.1 Å². The first kappa shape index (κ1) is 19.9. The van der Waals surface area contributed by atoms with Gasteiger partial charge in [0.2, 0.25) is 0 Å². The van der Waals surface area contributed by atoms with Gasteiger partial charge in [0.1, 0.15) is 12.4 Å². The Labute approximate surface area is 156 Å². The lowest BCUT2D eigenvalue weighted by Gasteiger charge is -2.10. The van der Waals surface area contributed by atoms with Crippen molar-refractivity contribution in [2.24, 2.45) is 0 Å². The van der Waals surface area contributed by atoms with Crippen molar-refractivity contribution in [3.63, 3.8) is 0 Å². The molecule has 1 amide bonds. The molecule has 0 saturated heterocycles. The van der Waals surface area contributed by atoms with E-state index >= 15 is 0 Å². The van der Waals surface area contributed by atoms with Crippen LogP contribution in [0.4, 0.5) is 5.69 Å². The average Bonchev–Trinajstić information content (AvgIpc) is 2.66. The number of nitro groups is 1. The molecule has 2 rings (SSSR count). The number of methoxy groups -OCH3 is 1. The number of nitrogens with one attached hydrogen (secondary N) is 1. The fourth-order valence-corrected chi connectivity index (χ4v) is 2.37. The lowest BCUT2D eigenvalue weighted by molar-refractivity contribution is -0.384. The van der Waals surface area contributed by atoms with Crippen LogP contribution in [0.1, 0.15) is 27.9 Å². The molecular weight excluding hydrogens is 352 g/mol. The Morgan fingerprint density at radius 3 is 2.48 bits per heavy atom. The van der Waals surface area contributed by atoms with Crippen LogP contribution in [0.3, 0.4) is 0 Å². The van der Waals surface area contributed by atoms with Gasteiger partial charge in [-0.1, -0.05) is 11.6 Å². The maximum absolute atomic E-state index is 12.0. The zero-order valence-corrected chi connectivity index (χ0v) is 15.1. The fraction of sp³-hybridized carbons (Fsp3) is 0.263. The molecule has 0 atom stereocenters. The second kappa shape index (κ2) is 9.33. The highest BCUT2D eigenvalue weighted by Crippen LogP contribution is 2.20. The molecule has 0 unspecified atom stereocenters. The third-order valence-corrected chi connectivity index (χ3v) is 3.78. The fourth-order valence-electron chi connectivity index (χ4n) is 2.37. The minimum absolute atomic E-state index is 0.00680. The van der Waals surface area contributed by atoms with E-state index in [0.29, 0.717) is 5.75 Å². The van der Waals surface area contributed by atoms with Crippen molar-refractivity contribution in [2.45, 2.75) is 20.0 Å². The largest absolute Gasteiger partial charge is 0.496 e. The van der Waals surface area contributed by atoms with Crippen molar-refractivity contribution < 1.29 is 24.0 Å². The van der Waals surface area contributed by atoms with Gasteiger partial charge >= 0.3 is 5.97 Å². The Kier molecular flexibility index (Phi) is 6.87. The van der Waals surface area contributed by atoms with Crippen molar-refractivity contribution >= 4 is 17.6 Å². The highest BCUT2D eigenvalue weighted by molar-refractivity contribution is 5.94. The molecule has 1 N–H and O–H groups in total. The molecule has 2 aromatic rings. The van der Waals surface area contributed by atoms with Gasteiger partial charge in [0.25, 0.3) is 11.6 Å². The van der Waals surface area contributed by atoms with Crippen molar-refractivity contribution in [1.29, 1.82) is 0 Å². The van der Waals surface area contributed by atoms with Gasteiger partial charge in [-0.15, -0.1) is 0 Å². The number of esters is 1. The first-order valence-electron chi connectivity index (χ1n) is 8.22. The van der Waals surface area contributed by atoms with Crippen LogP contribution in [0.15, 0.2) is 42.5 Å². The summed E-state index contributed by atoms with van der Waals surface area (Å²) in [6.45, 7) is 2.11. The van der Waals surface area contributed by atoms with Crippen molar-refractivity contribution in [2.75, 3.05) is 13.7 Å². The third-order valence-electron chi connectivity index (χ3n) is 3.78. The summed E-state index contributed by atoms with van der Waals surface area (Å²) in [7, 11) is 1.55. The molecule has 27 heavy (non-hydrogen) atoms. The maximum atomic E-state index is 12.0. The molecule has 0 heterocycles. The van der Waals surface area contributed by atoms with Gasteiger partial charge in [0.15, 0.2) is 0 Å². The molecule has 0 bridgehead atoms. The molecule has 0 aliphatic heterocycles. The number of benzene rings is 2. The molecule has 0 aliphatic carbocycles. The summed E-state index contributed by atoms with van der Waals surface area (Å²) in [5.74, 6) is -0.236. The van der Waals surface area contributed by atoms with Crippen LogP contribution in [-0.4, -0.2) is 30.5 Å². The number of hydrogen-bond acceptors (Lipinski definition) is 6. The first-order chi connectivity index (χ1) is 12.9. The number of carbonyl (C=O) groups excluding carboxylic acids is 2. The molecule has 0 radical (unpaired) electrons. The predicted molar refractivity (Wildman–Crippen MR) is 97.6 cm³/mol. The molecule has 8 heteroatoms. The summed E-state index contributed by atoms with van der Waals surface area (Å²) in [6, 6.07) is 10.8. The first-order valence-corrected chi connectivity index (χ1v) is 8.22. The van der Waals surface area contributed by atoms with Crippen LogP contribution in [0.5, 0.6) is 5.75 Å². The molecule has 0 spiro atoms. The Morgan fingerprint density at radius 2 is 1.85 bits per heavy atom. The van der Waals surface area contributed by atoms with Gasteiger partial charge in [0, 0.05) is 29.8 Å². The van der Waals surface area contributed by atoms with Crippen LogP contribution in [0.25, 0.3) is 0 Å². The van der Waals surface area contributed by atoms with E-state index in [-0.39, 0.29) is 30.8 Å². The molecule has 8 nitrogen and oxygen atoms in total. The molecule has 0 saturated carbocycles. The summed E-state index contributed by atoms with van der Waals surface area (Å²) in [5, 5.41) is 13.2. The summed E-state index contributed by atoms with van der Waals surface area (Å²) in [5.41, 5.74) is 1.97. The van der Waals surface area contributed by atoms with Gasteiger partial charge in [-0.25, -0.2) is 0 Å². The Bertz CT molecular complexity index is 833. The van der Waals surface area contributed by atoms with E-state index in [1.165, 1.54) is 24.3 Å². The second-order valence-corrected chi connectivity index (χ2v) is 5.79. The highest BCUT2D eigenvalue weighted by atomic mass is 16.6. The molecule has 0 fully saturated rings. The minimum atomic E-state index is -0.541. The smallest absolute Gasteiger partial charge is 0.307 e. The quantitative estimate of drug-likeness (QED) is 0.434. The number of aryl methyl sites for hydroxylation is 1. The number of nitrogens with zero attached hydrogens (tertiary/aromatic N) is 1. The van der Waals surface area contributed by atoms with E-state index < -0.39 is 16.8 Å². The van der Waals surface area contributed by atoms with E-state index in [2.05, 4.69) is 5.32 Å². The van der Waals surface area contributed by atoms with Crippen LogP contribution in [0.2, 0.25) is 0 Å². The number of amides is 1. The van der Waals surface area contributed by atoms with Crippen LogP contribution in [0, 0.1) is 17.0 Å². The molecule has 0 aromatic heterocycles. The van der Waals surface area contributed by atoms with Gasteiger partial charge in [-0.2, -0.15) is 0 Å². The van der Waals surface area contributed by atoms with E-state index in [9.17, 15) is 19.7 Å².